The Morgan fingerprint density at radius 1 is 1.47 bits per heavy atom. The molecular weight excluding hydrogens is 264 g/mol. The Kier molecular flexibility index (Phi) is 4.42. The number of aliphatic carboxylic acids is 1. The highest BCUT2D eigenvalue weighted by atomic mass is 32.1. The zero-order valence-corrected chi connectivity index (χ0v) is 11.7. The number of urea groups is 1. The summed E-state index contributed by atoms with van der Waals surface area (Å²) in [6, 6.07) is -0.292. The summed E-state index contributed by atoms with van der Waals surface area (Å²) >= 11 is 1.60. The Labute approximate surface area is 116 Å². The van der Waals surface area contributed by atoms with E-state index < -0.39 is 5.97 Å². The van der Waals surface area contributed by atoms with Gasteiger partial charge >= 0.3 is 12.0 Å². The second kappa shape index (κ2) is 6.06. The van der Waals surface area contributed by atoms with Gasteiger partial charge in [0.25, 0.3) is 0 Å². The third-order valence-electron chi connectivity index (χ3n) is 3.18. The van der Waals surface area contributed by atoms with Crippen molar-refractivity contribution in [3.63, 3.8) is 0 Å². The van der Waals surface area contributed by atoms with E-state index in [0.717, 1.165) is 24.0 Å². The van der Waals surface area contributed by atoms with E-state index in [2.05, 4.69) is 5.32 Å². The van der Waals surface area contributed by atoms with Crippen molar-refractivity contribution in [1.82, 2.24) is 10.2 Å². The van der Waals surface area contributed by atoms with Crippen LogP contribution < -0.4 is 5.32 Å². The number of carbonyl (C=O) groups is 2. The van der Waals surface area contributed by atoms with Crippen LogP contribution >= 0.6 is 11.3 Å². The Balaban J connectivity index is 1.87. The molecule has 1 heterocycles. The van der Waals surface area contributed by atoms with Gasteiger partial charge in [-0.15, -0.1) is 0 Å². The summed E-state index contributed by atoms with van der Waals surface area (Å²) in [6.45, 7) is 2.76. The molecule has 1 aliphatic rings. The zero-order valence-electron chi connectivity index (χ0n) is 10.9. The van der Waals surface area contributed by atoms with Gasteiger partial charge in [-0.2, -0.15) is 11.3 Å². The summed E-state index contributed by atoms with van der Waals surface area (Å²) in [4.78, 5) is 24.2. The Morgan fingerprint density at radius 2 is 2.21 bits per heavy atom. The maximum Gasteiger partial charge on any atom is 0.323 e. The first-order valence-corrected chi connectivity index (χ1v) is 7.26. The fourth-order valence-corrected chi connectivity index (χ4v) is 2.70. The van der Waals surface area contributed by atoms with E-state index >= 15 is 0 Å². The third-order valence-corrected chi connectivity index (χ3v) is 4.09. The van der Waals surface area contributed by atoms with Gasteiger partial charge in [0.2, 0.25) is 0 Å². The summed E-state index contributed by atoms with van der Waals surface area (Å²) < 4.78 is 0. The predicted molar refractivity (Wildman–Crippen MR) is 73.2 cm³/mol. The molecule has 2 rings (SSSR count). The maximum atomic E-state index is 12.0. The van der Waals surface area contributed by atoms with E-state index in [9.17, 15) is 9.59 Å². The molecule has 1 aliphatic carbocycles. The largest absolute Gasteiger partial charge is 0.480 e. The zero-order chi connectivity index (χ0) is 13.8. The molecule has 0 atom stereocenters. The average molecular weight is 282 g/mol. The van der Waals surface area contributed by atoms with Crippen molar-refractivity contribution in [2.24, 2.45) is 5.92 Å². The SMILES string of the molecule is Cc1cscc1CNC(=O)N(CC(=O)O)CC1CC1. The van der Waals surface area contributed by atoms with Crippen LogP contribution in [-0.2, 0) is 11.3 Å². The number of amides is 2. The summed E-state index contributed by atoms with van der Waals surface area (Å²) in [5, 5.41) is 15.7. The number of rotatable bonds is 6. The summed E-state index contributed by atoms with van der Waals surface area (Å²) in [5.74, 6) is -0.490. The van der Waals surface area contributed by atoms with Crippen LogP contribution in [0.1, 0.15) is 24.0 Å². The predicted octanol–water partition coefficient (Wildman–Crippen LogP) is 2.06. The van der Waals surface area contributed by atoms with Gasteiger partial charge in [0.1, 0.15) is 6.54 Å². The van der Waals surface area contributed by atoms with Crippen LogP contribution in [0.3, 0.4) is 0 Å². The highest BCUT2D eigenvalue weighted by Gasteiger charge is 2.27. The topological polar surface area (TPSA) is 69.6 Å². The first-order valence-electron chi connectivity index (χ1n) is 6.32. The molecule has 1 aromatic heterocycles. The summed E-state index contributed by atoms with van der Waals surface area (Å²) in [5.41, 5.74) is 2.23. The molecule has 2 amide bonds. The lowest BCUT2D eigenvalue weighted by molar-refractivity contribution is -0.137. The molecule has 6 heteroatoms. The number of nitrogens with zero attached hydrogens (tertiary/aromatic N) is 1. The molecule has 0 aliphatic heterocycles. The standard InChI is InChI=1S/C13H18N2O3S/c1-9-7-19-8-11(9)4-14-13(18)15(6-12(16)17)5-10-2-3-10/h7-8,10H,2-6H2,1H3,(H,14,18)(H,16,17). The van der Waals surface area contributed by atoms with Crippen LogP contribution in [0.15, 0.2) is 10.8 Å². The van der Waals surface area contributed by atoms with Crippen LogP contribution in [0.4, 0.5) is 4.79 Å². The Hall–Kier alpha value is -1.56. The second-order valence-corrected chi connectivity index (χ2v) is 5.70. The Morgan fingerprint density at radius 3 is 2.74 bits per heavy atom. The minimum Gasteiger partial charge on any atom is -0.480 e. The quantitative estimate of drug-likeness (QED) is 0.839. The minimum atomic E-state index is -0.970. The van der Waals surface area contributed by atoms with Crippen LogP contribution in [0, 0.1) is 12.8 Å². The molecule has 1 fully saturated rings. The number of hydrogen-bond donors (Lipinski definition) is 2. The first-order chi connectivity index (χ1) is 9.06. The fraction of sp³-hybridized carbons (Fsp3) is 0.538. The fourth-order valence-electron chi connectivity index (χ4n) is 1.85. The number of carboxylic acid groups (broad SMARTS) is 1. The van der Waals surface area contributed by atoms with Crippen LogP contribution in [-0.4, -0.2) is 35.1 Å². The molecule has 0 spiro atoms. The minimum absolute atomic E-state index is 0.231. The van der Waals surface area contributed by atoms with Gasteiger partial charge in [-0.3, -0.25) is 4.79 Å². The molecule has 0 bridgehead atoms. The highest BCUT2D eigenvalue weighted by molar-refractivity contribution is 7.08. The lowest BCUT2D eigenvalue weighted by atomic mass is 10.2. The molecule has 1 aromatic rings. The molecule has 104 valence electrons. The van der Waals surface area contributed by atoms with E-state index in [0.29, 0.717) is 19.0 Å². The molecule has 0 unspecified atom stereocenters. The summed E-state index contributed by atoms with van der Waals surface area (Å²) in [7, 11) is 0. The molecule has 19 heavy (non-hydrogen) atoms. The van der Waals surface area contributed by atoms with E-state index in [1.165, 1.54) is 4.90 Å². The van der Waals surface area contributed by atoms with Crippen molar-refractivity contribution in [2.45, 2.75) is 26.3 Å². The smallest absolute Gasteiger partial charge is 0.323 e. The van der Waals surface area contributed by atoms with Crippen molar-refractivity contribution < 1.29 is 14.7 Å². The van der Waals surface area contributed by atoms with Crippen molar-refractivity contribution in [3.8, 4) is 0 Å². The van der Waals surface area contributed by atoms with Gasteiger partial charge in [-0.05, 0) is 47.6 Å². The molecular formula is C13H18N2O3S. The van der Waals surface area contributed by atoms with Gasteiger partial charge in [0, 0.05) is 13.1 Å². The second-order valence-electron chi connectivity index (χ2n) is 4.96. The molecule has 2 N–H and O–H groups in total. The number of thiophene rings is 1. The lowest BCUT2D eigenvalue weighted by Gasteiger charge is -2.21. The number of carbonyl (C=O) groups excluding carboxylic acids is 1. The van der Waals surface area contributed by atoms with Gasteiger partial charge in [0.05, 0.1) is 0 Å². The number of aryl methyl sites for hydroxylation is 1. The lowest BCUT2D eigenvalue weighted by Crippen LogP contribution is -2.43. The Bertz CT molecular complexity index is 468. The van der Waals surface area contributed by atoms with E-state index in [4.69, 9.17) is 5.11 Å². The number of hydrogen-bond acceptors (Lipinski definition) is 3. The number of nitrogens with one attached hydrogen (secondary N) is 1. The van der Waals surface area contributed by atoms with Crippen LogP contribution in [0.2, 0.25) is 0 Å². The van der Waals surface area contributed by atoms with Crippen LogP contribution in [0.5, 0.6) is 0 Å². The molecule has 5 nitrogen and oxygen atoms in total. The highest BCUT2D eigenvalue weighted by Crippen LogP contribution is 2.29. The normalized spacial score (nSPS) is 14.2. The monoisotopic (exact) mass is 282 g/mol. The van der Waals surface area contributed by atoms with Crippen molar-refractivity contribution >= 4 is 23.3 Å². The van der Waals surface area contributed by atoms with Crippen molar-refractivity contribution in [2.75, 3.05) is 13.1 Å². The van der Waals surface area contributed by atoms with E-state index in [1.54, 1.807) is 11.3 Å². The van der Waals surface area contributed by atoms with Crippen molar-refractivity contribution in [3.05, 3.63) is 21.9 Å². The first kappa shape index (κ1) is 13.9. The molecule has 1 saturated carbocycles. The van der Waals surface area contributed by atoms with Crippen LogP contribution in [0.25, 0.3) is 0 Å². The molecule has 0 saturated heterocycles. The van der Waals surface area contributed by atoms with Gasteiger partial charge in [-0.1, -0.05) is 0 Å². The molecule has 0 radical (unpaired) electrons. The summed E-state index contributed by atoms with van der Waals surface area (Å²) in [6.07, 6.45) is 2.18. The van der Waals surface area contributed by atoms with Gasteiger partial charge in [0.15, 0.2) is 0 Å². The van der Waals surface area contributed by atoms with Gasteiger partial charge in [-0.25, -0.2) is 4.79 Å². The van der Waals surface area contributed by atoms with E-state index in [1.807, 2.05) is 17.7 Å². The van der Waals surface area contributed by atoms with E-state index in [-0.39, 0.29) is 12.6 Å². The maximum absolute atomic E-state index is 12.0. The van der Waals surface area contributed by atoms with Gasteiger partial charge < -0.3 is 15.3 Å². The van der Waals surface area contributed by atoms with Crippen molar-refractivity contribution in [1.29, 1.82) is 0 Å². The average Bonchev–Trinajstić information content (AvgIpc) is 3.07. The number of carboxylic acids is 1. The third kappa shape index (κ3) is 4.24. The molecule has 0 aromatic carbocycles.